The molecule has 29 heavy (non-hydrogen) atoms. The third-order valence-electron chi connectivity index (χ3n) is 5.51. The number of furan rings is 1. The molecule has 1 fully saturated rings. The number of likely N-dealkylation sites (tertiary alicyclic amines) is 1. The molecule has 1 aliphatic heterocycles. The normalized spacial score (nSPS) is 15.3. The summed E-state index contributed by atoms with van der Waals surface area (Å²) in [5.41, 5.74) is 8.85. The van der Waals surface area contributed by atoms with E-state index in [-0.39, 0.29) is 11.8 Å². The second-order valence-corrected chi connectivity index (χ2v) is 7.64. The highest BCUT2D eigenvalue weighted by atomic mass is 16.3. The van der Waals surface area contributed by atoms with E-state index in [9.17, 15) is 4.79 Å². The van der Waals surface area contributed by atoms with Crippen molar-refractivity contribution in [3.63, 3.8) is 0 Å². The second kappa shape index (κ2) is 8.97. The Morgan fingerprint density at radius 2 is 1.83 bits per heavy atom. The Morgan fingerprint density at radius 1 is 1.03 bits per heavy atom. The van der Waals surface area contributed by atoms with Gasteiger partial charge in [0.15, 0.2) is 0 Å². The van der Waals surface area contributed by atoms with Gasteiger partial charge in [0, 0.05) is 23.7 Å². The Kier molecular flexibility index (Phi) is 5.96. The van der Waals surface area contributed by atoms with Gasteiger partial charge in [-0.05, 0) is 55.8 Å². The molecule has 0 unspecified atom stereocenters. The first-order chi connectivity index (χ1) is 14.2. The molecule has 3 N–H and O–H groups in total. The fourth-order valence-electron chi connectivity index (χ4n) is 3.83. The van der Waals surface area contributed by atoms with Gasteiger partial charge in [-0.3, -0.25) is 9.69 Å². The number of carbonyl (C=O) groups excluding carboxylic acids is 1. The third-order valence-corrected chi connectivity index (χ3v) is 5.51. The predicted molar refractivity (Wildman–Crippen MR) is 115 cm³/mol. The lowest BCUT2D eigenvalue weighted by atomic mass is 9.96. The molecule has 1 aromatic heterocycles. The van der Waals surface area contributed by atoms with Gasteiger partial charge >= 0.3 is 0 Å². The molecule has 0 spiro atoms. The first-order valence-corrected chi connectivity index (χ1v) is 10.2. The topological polar surface area (TPSA) is 71.5 Å². The van der Waals surface area contributed by atoms with Crippen molar-refractivity contribution < 1.29 is 9.21 Å². The zero-order valence-corrected chi connectivity index (χ0v) is 16.5. The molecule has 2 aromatic carbocycles. The van der Waals surface area contributed by atoms with E-state index < -0.39 is 0 Å². The van der Waals surface area contributed by atoms with E-state index in [1.54, 1.807) is 0 Å². The van der Waals surface area contributed by atoms with Gasteiger partial charge in [0.2, 0.25) is 5.91 Å². The highest BCUT2D eigenvalue weighted by molar-refractivity contribution is 5.76. The molecule has 0 saturated carbocycles. The van der Waals surface area contributed by atoms with Gasteiger partial charge in [-0.1, -0.05) is 42.5 Å². The average Bonchev–Trinajstić information content (AvgIpc) is 3.23. The molecule has 150 valence electrons. The molecule has 0 aliphatic carbocycles. The maximum absolute atomic E-state index is 11.3. The van der Waals surface area contributed by atoms with E-state index in [1.165, 1.54) is 5.56 Å². The highest BCUT2D eigenvalue weighted by Gasteiger charge is 2.22. The smallest absolute Gasteiger partial charge is 0.220 e. The number of amides is 1. The van der Waals surface area contributed by atoms with Gasteiger partial charge in [-0.2, -0.15) is 0 Å². The monoisotopic (exact) mass is 389 g/mol. The Morgan fingerprint density at radius 3 is 2.59 bits per heavy atom. The van der Waals surface area contributed by atoms with E-state index in [0.29, 0.717) is 6.54 Å². The van der Waals surface area contributed by atoms with Crippen LogP contribution in [-0.2, 0) is 17.9 Å². The molecule has 0 bridgehead atoms. The van der Waals surface area contributed by atoms with Crippen LogP contribution in [0.1, 0.15) is 24.2 Å². The Labute approximate surface area is 171 Å². The number of nitrogens with two attached hydrogens (primary N) is 1. The summed E-state index contributed by atoms with van der Waals surface area (Å²) in [7, 11) is 0. The van der Waals surface area contributed by atoms with Crippen molar-refractivity contribution >= 4 is 11.6 Å². The zero-order valence-electron chi connectivity index (χ0n) is 16.5. The number of primary amides is 1. The standard InChI is InChI=1S/C24H27N3O2/c25-24(28)20-11-13-27(14-12-20)17-18-5-4-8-21(15-18)26-16-22-9-10-23(29-22)19-6-2-1-3-7-19/h1-10,15,20,26H,11-14,16-17H2,(H2,25,28). The Balaban J connectivity index is 1.32. The van der Waals surface area contributed by atoms with Gasteiger partial charge in [-0.15, -0.1) is 0 Å². The summed E-state index contributed by atoms with van der Waals surface area (Å²) in [6, 6.07) is 22.6. The van der Waals surface area contributed by atoms with Gasteiger partial charge in [0.25, 0.3) is 0 Å². The number of anilines is 1. The van der Waals surface area contributed by atoms with Crippen LogP contribution in [-0.4, -0.2) is 23.9 Å². The molecule has 5 heteroatoms. The predicted octanol–water partition coefficient (Wildman–Crippen LogP) is 4.26. The van der Waals surface area contributed by atoms with Crippen molar-refractivity contribution in [1.29, 1.82) is 0 Å². The molecule has 0 radical (unpaired) electrons. The average molecular weight is 389 g/mol. The first kappa shape index (κ1) is 19.3. The summed E-state index contributed by atoms with van der Waals surface area (Å²) in [5, 5.41) is 3.45. The maximum atomic E-state index is 11.3. The molecule has 1 saturated heterocycles. The van der Waals surface area contributed by atoms with Crippen LogP contribution in [0.3, 0.4) is 0 Å². The van der Waals surface area contributed by atoms with Gasteiger partial charge in [0.1, 0.15) is 11.5 Å². The molecule has 1 aliphatic rings. The summed E-state index contributed by atoms with van der Waals surface area (Å²) in [6.45, 7) is 3.36. The molecule has 4 rings (SSSR count). The quantitative estimate of drug-likeness (QED) is 0.633. The molecule has 3 aromatic rings. The minimum absolute atomic E-state index is 0.0355. The first-order valence-electron chi connectivity index (χ1n) is 10.2. The summed E-state index contributed by atoms with van der Waals surface area (Å²) in [5.74, 6) is 1.66. The van der Waals surface area contributed by atoms with Crippen molar-refractivity contribution in [3.8, 4) is 11.3 Å². The van der Waals surface area contributed by atoms with Gasteiger partial charge in [-0.25, -0.2) is 0 Å². The van der Waals surface area contributed by atoms with E-state index in [2.05, 4.69) is 34.5 Å². The number of hydrogen-bond donors (Lipinski definition) is 2. The van der Waals surface area contributed by atoms with Crippen LogP contribution in [0.15, 0.2) is 71.1 Å². The molecular weight excluding hydrogens is 362 g/mol. The van der Waals surface area contributed by atoms with Crippen LogP contribution in [0.2, 0.25) is 0 Å². The van der Waals surface area contributed by atoms with Crippen LogP contribution >= 0.6 is 0 Å². The molecule has 1 amide bonds. The minimum atomic E-state index is -0.163. The van der Waals surface area contributed by atoms with E-state index in [4.69, 9.17) is 10.2 Å². The summed E-state index contributed by atoms with van der Waals surface area (Å²) < 4.78 is 5.96. The highest BCUT2D eigenvalue weighted by Crippen LogP contribution is 2.23. The van der Waals surface area contributed by atoms with Crippen molar-refractivity contribution in [3.05, 3.63) is 78.1 Å². The summed E-state index contributed by atoms with van der Waals surface area (Å²) in [6.07, 6.45) is 1.71. The second-order valence-electron chi connectivity index (χ2n) is 7.64. The fraction of sp³-hybridized carbons (Fsp3) is 0.292. The lowest BCUT2D eigenvalue weighted by Crippen LogP contribution is -2.38. The molecular formula is C24H27N3O2. The number of piperidine rings is 1. The van der Waals surface area contributed by atoms with Crippen LogP contribution < -0.4 is 11.1 Å². The fourth-order valence-corrected chi connectivity index (χ4v) is 3.83. The lowest BCUT2D eigenvalue weighted by Gasteiger charge is -2.30. The number of benzene rings is 2. The van der Waals surface area contributed by atoms with Crippen LogP contribution in [0.5, 0.6) is 0 Å². The third kappa shape index (κ3) is 5.06. The summed E-state index contributed by atoms with van der Waals surface area (Å²) >= 11 is 0. The Hall–Kier alpha value is -3.05. The largest absolute Gasteiger partial charge is 0.459 e. The SMILES string of the molecule is NC(=O)C1CCN(Cc2cccc(NCc3ccc(-c4ccccc4)o3)c2)CC1. The lowest BCUT2D eigenvalue weighted by molar-refractivity contribution is -0.123. The molecule has 2 heterocycles. The number of carbonyl (C=O) groups is 1. The molecule has 5 nitrogen and oxygen atoms in total. The van der Waals surface area contributed by atoms with Crippen molar-refractivity contribution in [2.75, 3.05) is 18.4 Å². The number of hydrogen-bond acceptors (Lipinski definition) is 4. The summed E-state index contributed by atoms with van der Waals surface area (Å²) in [4.78, 5) is 13.7. The van der Waals surface area contributed by atoms with Crippen LogP contribution in [0.25, 0.3) is 11.3 Å². The van der Waals surface area contributed by atoms with Crippen molar-refractivity contribution in [2.24, 2.45) is 11.7 Å². The molecule has 0 atom stereocenters. The van der Waals surface area contributed by atoms with Gasteiger partial charge in [0.05, 0.1) is 6.54 Å². The number of nitrogens with zero attached hydrogens (tertiary/aromatic N) is 1. The van der Waals surface area contributed by atoms with E-state index in [1.807, 2.05) is 42.5 Å². The van der Waals surface area contributed by atoms with Crippen molar-refractivity contribution in [2.45, 2.75) is 25.9 Å². The van der Waals surface area contributed by atoms with Crippen molar-refractivity contribution in [1.82, 2.24) is 4.90 Å². The Bertz CT molecular complexity index is 944. The zero-order chi connectivity index (χ0) is 20.1. The number of nitrogens with one attached hydrogen (secondary N) is 1. The maximum Gasteiger partial charge on any atom is 0.220 e. The van der Waals surface area contributed by atoms with Gasteiger partial charge < -0.3 is 15.5 Å². The van der Waals surface area contributed by atoms with E-state index in [0.717, 1.165) is 55.2 Å². The van der Waals surface area contributed by atoms with Crippen LogP contribution in [0, 0.1) is 5.92 Å². The van der Waals surface area contributed by atoms with E-state index >= 15 is 0 Å². The number of rotatable bonds is 7. The minimum Gasteiger partial charge on any atom is -0.459 e. The van der Waals surface area contributed by atoms with Crippen LogP contribution in [0.4, 0.5) is 5.69 Å².